The third-order valence-electron chi connectivity index (χ3n) is 4.59. The van der Waals surface area contributed by atoms with Crippen molar-refractivity contribution in [3.05, 3.63) is 35.4 Å². The van der Waals surface area contributed by atoms with Gasteiger partial charge in [-0.05, 0) is 49.9 Å². The van der Waals surface area contributed by atoms with Gasteiger partial charge in [0.2, 0.25) is 5.91 Å². The molecule has 3 rings (SSSR count). The molecule has 2 unspecified atom stereocenters. The Balaban J connectivity index is 0.00000147. The van der Waals surface area contributed by atoms with Gasteiger partial charge in [-0.15, -0.1) is 12.4 Å². The molecule has 1 fully saturated rings. The number of rotatable bonds is 2. The highest BCUT2D eigenvalue weighted by molar-refractivity contribution is 5.87. The molecule has 0 radical (unpaired) electrons. The third kappa shape index (κ3) is 2.84. The maximum atomic E-state index is 12.6. The molecule has 2 aliphatic rings. The van der Waals surface area contributed by atoms with Crippen molar-refractivity contribution < 1.29 is 4.79 Å². The van der Waals surface area contributed by atoms with Crippen molar-refractivity contribution in [2.45, 2.75) is 37.6 Å². The number of carbonyl (C=O) groups is 1. The lowest BCUT2D eigenvalue weighted by Crippen LogP contribution is -2.43. The number of amides is 1. The van der Waals surface area contributed by atoms with E-state index in [2.05, 4.69) is 23.5 Å². The molecule has 1 aliphatic heterocycles. The molecule has 1 N–H and O–H groups in total. The van der Waals surface area contributed by atoms with E-state index in [0.29, 0.717) is 11.9 Å². The Morgan fingerprint density at radius 3 is 2.85 bits per heavy atom. The minimum atomic E-state index is 0. The number of hydrogen-bond acceptors (Lipinski definition) is 2. The molecule has 0 bridgehead atoms. The second kappa shape index (κ2) is 6.59. The van der Waals surface area contributed by atoms with Gasteiger partial charge in [0.15, 0.2) is 0 Å². The van der Waals surface area contributed by atoms with Crippen molar-refractivity contribution in [2.24, 2.45) is 0 Å². The molecule has 1 saturated heterocycles. The summed E-state index contributed by atoms with van der Waals surface area (Å²) in [5.41, 5.74) is 2.59. The summed E-state index contributed by atoms with van der Waals surface area (Å²) in [6.45, 7) is 2.12. The zero-order valence-electron chi connectivity index (χ0n) is 12.0. The lowest BCUT2D eigenvalue weighted by Gasteiger charge is -2.35. The molecule has 110 valence electrons. The predicted octanol–water partition coefficient (Wildman–Crippen LogP) is 2.35. The average Bonchev–Trinajstić information content (AvgIpc) is 2.68. The second-order valence-electron chi connectivity index (χ2n) is 5.74. The molecule has 0 saturated carbocycles. The van der Waals surface area contributed by atoms with E-state index in [1.54, 1.807) is 0 Å². The first-order valence-corrected chi connectivity index (χ1v) is 7.32. The Morgan fingerprint density at radius 2 is 2.05 bits per heavy atom. The fourth-order valence-electron chi connectivity index (χ4n) is 3.29. The summed E-state index contributed by atoms with van der Waals surface area (Å²) in [6, 6.07) is 8.74. The van der Waals surface area contributed by atoms with Crippen LogP contribution >= 0.6 is 12.4 Å². The predicted molar refractivity (Wildman–Crippen MR) is 83.4 cm³/mol. The molecule has 1 aromatic carbocycles. The smallest absolute Gasteiger partial charge is 0.230 e. The van der Waals surface area contributed by atoms with Crippen LogP contribution in [0.1, 0.15) is 36.3 Å². The number of hydrogen-bond donors (Lipinski definition) is 1. The molecule has 4 heteroatoms. The molecule has 1 heterocycles. The van der Waals surface area contributed by atoms with E-state index >= 15 is 0 Å². The molecule has 0 aromatic heterocycles. The minimum absolute atomic E-state index is 0. The molecule has 3 nitrogen and oxygen atoms in total. The Hall–Kier alpha value is -1.06. The van der Waals surface area contributed by atoms with Gasteiger partial charge in [-0.3, -0.25) is 4.79 Å². The van der Waals surface area contributed by atoms with Gasteiger partial charge < -0.3 is 10.2 Å². The minimum Gasteiger partial charge on any atom is -0.342 e. The maximum Gasteiger partial charge on any atom is 0.230 e. The monoisotopic (exact) mass is 294 g/mol. The molecule has 2 atom stereocenters. The quantitative estimate of drug-likeness (QED) is 0.908. The first-order valence-electron chi connectivity index (χ1n) is 7.32. The third-order valence-corrected chi connectivity index (χ3v) is 4.59. The lowest BCUT2D eigenvalue weighted by molar-refractivity contribution is -0.134. The number of halogens is 1. The van der Waals surface area contributed by atoms with Crippen LogP contribution in [0, 0.1) is 0 Å². The van der Waals surface area contributed by atoms with Gasteiger partial charge in [-0.2, -0.15) is 0 Å². The van der Waals surface area contributed by atoms with Crippen LogP contribution in [-0.4, -0.2) is 37.0 Å². The highest BCUT2D eigenvalue weighted by Crippen LogP contribution is 2.36. The van der Waals surface area contributed by atoms with Gasteiger partial charge in [0.25, 0.3) is 0 Å². The summed E-state index contributed by atoms with van der Waals surface area (Å²) in [7, 11) is 1.99. The summed E-state index contributed by atoms with van der Waals surface area (Å²) in [4.78, 5) is 14.6. The molecule has 0 spiro atoms. The van der Waals surface area contributed by atoms with Crippen molar-refractivity contribution in [2.75, 3.05) is 20.1 Å². The van der Waals surface area contributed by atoms with Crippen molar-refractivity contribution in [3.63, 3.8) is 0 Å². The topological polar surface area (TPSA) is 32.3 Å². The van der Waals surface area contributed by atoms with E-state index in [1.165, 1.54) is 17.5 Å². The average molecular weight is 295 g/mol. The van der Waals surface area contributed by atoms with Crippen LogP contribution in [0.15, 0.2) is 24.3 Å². The number of benzene rings is 1. The van der Waals surface area contributed by atoms with E-state index in [4.69, 9.17) is 0 Å². The molecule has 1 amide bonds. The Morgan fingerprint density at radius 1 is 1.25 bits per heavy atom. The number of fused-ring (bicyclic) bond motifs is 1. The van der Waals surface area contributed by atoms with E-state index in [1.807, 2.05) is 18.0 Å². The first-order chi connectivity index (χ1) is 9.27. The van der Waals surface area contributed by atoms with Crippen LogP contribution in [0.4, 0.5) is 0 Å². The molecular formula is C16H23ClN2O. The lowest BCUT2D eigenvalue weighted by atomic mass is 9.76. The van der Waals surface area contributed by atoms with Crippen molar-refractivity contribution in [3.8, 4) is 0 Å². The van der Waals surface area contributed by atoms with Gasteiger partial charge in [0, 0.05) is 13.1 Å². The largest absolute Gasteiger partial charge is 0.342 e. The van der Waals surface area contributed by atoms with Crippen LogP contribution in [0.25, 0.3) is 0 Å². The van der Waals surface area contributed by atoms with Crippen LogP contribution in [0.5, 0.6) is 0 Å². The van der Waals surface area contributed by atoms with E-state index in [0.717, 1.165) is 32.4 Å². The van der Waals surface area contributed by atoms with Crippen LogP contribution in [0.3, 0.4) is 0 Å². The standard InChI is InChI=1S/C16H22N2O.ClH/c1-18(13-6-4-9-17-10-8-13)16(19)15-11-12-5-2-3-7-14(12)15;/h2-3,5,7,13,15,17H,4,6,8-11H2,1H3;1H. The Labute approximate surface area is 127 Å². The van der Waals surface area contributed by atoms with Gasteiger partial charge in [-0.1, -0.05) is 24.3 Å². The van der Waals surface area contributed by atoms with E-state index in [9.17, 15) is 4.79 Å². The highest BCUT2D eigenvalue weighted by atomic mass is 35.5. The molecule has 1 aromatic rings. The SMILES string of the molecule is CN(C(=O)C1Cc2ccccc21)C1CCCNCC1.Cl. The molecular weight excluding hydrogens is 272 g/mol. The fourth-order valence-corrected chi connectivity index (χ4v) is 3.29. The van der Waals surface area contributed by atoms with Crippen molar-refractivity contribution in [1.29, 1.82) is 0 Å². The van der Waals surface area contributed by atoms with Crippen LogP contribution in [0.2, 0.25) is 0 Å². The highest BCUT2D eigenvalue weighted by Gasteiger charge is 2.35. The summed E-state index contributed by atoms with van der Waals surface area (Å²) in [6.07, 6.45) is 4.30. The summed E-state index contributed by atoms with van der Waals surface area (Å²) < 4.78 is 0. The zero-order chi connectivity index (χ0) is 13.2. The first kappa shape index (κ1) is 15.3. The zero-order valence-corrected chi connectivity index (χ0v) is 12.8. The number of nitrogens with zero attached hydrogens (tertiary/aromatic N) is 1. The maximum absolute atomic E-state index is 12.6. The second-order valence-corrected chi connectivity index (χ2v) is 5.74. The van der Waals surface area contributed by atoms with Gasteiger partial charge in [-0.25, -0.2) is 0 Å². The van der Waals surface area contributed by atoms with Crippen molar-refractivity contribution >= 4 is 18.3 Å². The van der Waals surface area contributed by atoms with E-state index in [-0.39, 0.29) is 18.3 Å². The van der Waals surface area contributed by atoms with Gasteiger partial charge in [0.05, 0.1) is 5.92 Å². The Kier molecular flexibility index (Phi) is 5.06. The van der Waals surface area contributed by atoms with Gasteiger partial charge in [0.1, 0.15) is 0 Å². The number of nitrogens with one attached hydrogen (secondary N) is 1. The Bertz CT molecular complexity index is 469. The number of carbonyl (C=O) groups excluding carboxylic acids is 1. The number of likely N-dealkylation sites (N-methyl/N-ethyl adjacent to an activating group) is 1. The fraction of sp³-hybridized carbons (Fsp3) is 0.562. The normalized spacial score (nSPS) is 24.6. The van der Waals surface area contributed by atoms with Crippen LogP contribution < -0.4 is 5.32 Å². The van der Waals surface area contributed by atoms with Crippen LogP contribution in [-0.2, 0) is 11.2 Å². The van der Waals surface area contributed by atoms with Crippen molar-refractivity contribution in [1.82, 2.24) is 10.2 Å². The summed E-state index contributed by atoms with van der Waals surface area (Å²) in [5, 5.41) is 3.41. The molecule has 20 heavy (non-hydrogen) atoms. The summed E-state index contributed by atoms with van der Waals surface area (Å²) in [5.74, 6) is 0.419. The molecule has 1 aliphatic carbocycles. The summed E-state index contributed by atoms with van der Waals surface area (Å²) >= 11 is 0. The van der Waals surface area contributed by atoms with E-state index < -0.39 is 0 Å². The van der Waals surface area contributed by atoms with Gasteiger partial charge >= 0.3 is 0 Å².